The molecule has 1 aliphatic carbocycles. The lowest BCUT2D eigenvalue weighted by Gasteiger charge is -2.10. The van der Waals surface area contributed by atoms with E-state index in [-0.39, 0.29) is 5.75 Å². The molecule has 2 N–H and O–H groups in total. The van der Waals surface area contributed by atoms with Crippen LogP contribution in [0, 0.1) is 0 Å². The van der Waals surface area contributed by atoms with E-state index in [9.17, 15) is 5.11 Å². The van der Waals surface area contributed by atoms with Gasteiger partial charge >= 0.3 is 0 Å². The van der Waals surface area contributed by atoms with Crippen LogP contribution in [-0.4, -0.2) is 41.5 Å². The fourth-order valence-corrected chi connectivity index (χ4v) is 3.43. The maximum atomic E-state index is 9.98. The van der Waals surface area contributed by atoms with E-state index in [0.717, 1.165) is 29.3 Å². The summed E-state index contributed by atoms with van der Waals surface area (Å²) in [5.74, 6) is 0.929. The molecule has 0 fully saturated rings. The molecule has 0 bridgehead atoms. The van der Waals surface area contributed by atoms with Gasteiger partial charge in [-0.15, -0.1) is 11.8 Å². The maximum Gasteiger partial charge on any atom is 0.124 e. The second kappa shape index (κ2) is 9.08. The summed E-state index contributed by atoms with van der Waals surface area (Å²) in [5.41, 5.74) is 4.07. The van der Waals surface area contributed by atoms with Gasteiger partial charge in [0.2, 0.25) is 0 Å². The van der Waals surface area contributed by atoms with Gasteiger partial charge in [-0.25, -0.2) is 0 Å². The molecular weight excluding hydrogens is 340 g/mol. The standard InChI is InChI=1S/C18H24N2O2S2/c1-12(15-11-13(22-2)7-8-17(15)21)19-9-10-20-16-6-4-5-14(16)18(23)24-3/h7-8,11,20-21H,4-6,9-10H2,1-3H3. The first kappa shape index (κ1) is 18.8. The van der Waals surface area contributed by atoms with Crippen molar-refractivity contribution >= 4 is 33.9 Å². The number of phenolic OH excluding ortho intramolecular Hbond substituents is 1. The van der Waals surface area contributed by atoms with Crippen molar-refractivity contribution in [3.8, 4) is 11.5 Å². The number of aromatic hydroxyl groups is 1. The zero-order chi connectivity index (χ0) is 17.5. The van der Waals surface area contributed by atoms with Gasteiger partial charge in [0, 0.05) is 23.5 Å². The van der Waals surface area contributed by atoms with E-state index in [0.29, 0.717) is 17.9 Å². The average molecular weight is 365 g/mol. The van der Waals surface area contributed by atoms with Gasteiger partial charge in [-0.2, -0.15) is 0 Å². The Hall–Kier alpha value is -1.53. The summed E-state index contributed by atoms with van der Waals surface area (Å²) in [5, 5.41) is 13.5. The van der Waals surface area contributed by atoms with Gasteiger partial charge in [0.1, 0.15) is 11.5 Å². The first-order chi connectivity index (χ1) is 11.6. The van der Waals surface area contributed by atoms with E-state index in [1.807, 2.05) is 13.2 Å². The molecule has 0 radical (unpaired) electrons. The summed E-state index contributed by atoms with van der Waals surface area (Å²) >= 11 is 7.05. The molecule has 0 spiro atoms. The fourth-order valence-electron chi connectivity index (χ4n) is 2.73. The number of nitrogens with zero attached hydrogens (tertiary/aromatic N) is 1. The molecule has 4 nitrogen and oxygen atoms in total. The minimum absolute atomic E-state index is 0.219. The summed E-state index contributed by atoms with van der Waals surface area (Å²) in [4.78, 5) is 4.56. The third-order valence-electron chi connectivity index (χ3n) is 4.04. The molecule has 130 valence electrons. The summed E-state index contributed by atoms with van der Waals surface area (Å²) < 4.78 is 6.20. The smallest absolute Gasteiger partial charge is 0.124 e. The van der Waals surface area contributed by atoms with Crippen LogP contribution in [0.3, 0.4) is 0 Å². The SMILES string of the molecule is COc1ccc(O)c(C(C)=NCCNC2=C(C(=S)SC)CCC2)c1. The highest BCUT2D eigenvalue weighted by molar-refractivity contribution is 8.23. The van der Waals surface area contributed by atoms with Crippen LogP contribution < -0.4 is 10.1 Å². The molecule has 0 unspecified atom stereocenters. The normalized spacial score (nSPS) is 14.9. The van der Waals surface area contributed by atoms with Crippen molar-refractivity contribution in [1.82, 2.24) is 5.32 Å². The van der Waals surface area contributed by atoms with E-state index >= 15 is 0 Å². The minimum Gasteiger partial charge on any atom is -0.507 e. The van der Waals surface area contributed by atoms with E-state index in [4.69, 9.17) is 17.0 Å². The topological polar surface area (TPSA) is 53.9 Å². The highest BCUT2D eigenvalue weighted by Crippen LogP contribution is 2.28. The second-order valence-electron chi connectivity index (χ2n) is 5.58. The zero-order valence-electron chi connectivity index (χ0n) is 14.4. The number of hydrogen-bond acceptors (Lipinski definition) is 6. The van der Waals surface area contributed by atoms with Crippen molar-refractivity contribution in [2.24, 2.45) is 4.99 Å². The van der Waals surface area contributed by atoms with Crippen LogP contribution in [0.4, 0.5) is 0 Å². The van der Waals surface area contributed by atoms with Crippen LogP contribution in [0.15, 0.2) is 34.5 Å². The molecule has 0 aromatic heterocycles. The monoisotopic (exact) mass is 364 g/mol. The van der Waals surface area contributed by atoms with Crippen LogP contribution in [-0.2, 0) is 0 Å². The minimum atomic E-state index is 0.219. The van der Waals surface area contributed by atoms with Crippen LogP contribution in [0.25, 0.3) is 0 Å². The number of aliphatic imine (C=N–C) groups is 1. The van der Waals surface area contributed by atoms with Gasteiger partial charge < -0.3 is 15.2 Å². The third-order valence-corrected chi connectivity index (χ3v) is 5.41. The average Bonchev–Trinajstić information content (AvgIpc) is 3.06. The van der Waals surface area contributed by atoms with E-state index in [1.165, 1.54) is 17.7 Å². The van der Waals surface area contributed by atoms with Gasteiger partial charge in [0.05, 0.1) is 17.9 Å². The zero-order valence-corrected chi connectivity index (χ0v) is 16.0. The second-order valence-corrected chi connectivity index (χ2v) is 7.06. The maximum absolute atomic E-state index is 9.98. The van der Waals surface area contributed by atoms with Crippen LogP contribution in [0.2, 0.25) is 0 Å². The van der Waals surface area contributed by atoms with Crippen molar-refractivity contribution < 1.29 is 9.84 Å². The number of benzene rings is 1. The van der Waals surface area contributed by atoms with Gasteiger partial charge in [-0.1, -0.05) is 12.2 Å². The predicted molar refractivity (Wildman–Crippen MR) is 107 cm³/mol. The Bertz CT molecular complexity index is 669. The number of methoxy groups -OCH3 is 1. The molecule has 1 aliphatic rings. The Balaban J connectivity index is 1.95. The van der Waals surface area contributed by atoms with Crippen LogP contribution in [0.5, 0.6) is 11.5 Å². The van der Waals surface area contributed by atoms with Crippen molar-refractivity contribution in [2.45, 2.75) is 26.2 Å². The summed E-state index contributed by atoms with van der Waals surface area (Å²) in [7, 11) is 1.61. The summed E-state index contributed by atoms with van der Waals surface area (Å²) in [6.07, 6.45) is 5.33. The molecule has 24 heavy (non-hydrogen) atoms. The fraction of sp³-hybridized carbons (Fsp3) is 0.444. The molecule has 0 saturated carbocycles. The Morgan fingerprint density at radius 2 is 2.21 bits per heavy atom. The molecule has 2 rings (SSSR count). The molecule has 0 amide bonds. The number of ether oxygens (including phenoxy) is 1. The number of rotatable bonds is 7. The van der Waals surface area contributed by atoms with Gasteiger partial charge in [-0.05, 0) is 56.2 Å². The number of allylic oxidation sites excluding steroid dienone is 1. The number of phenols is 1. The Morgan fingerprint density at radius 3 is 2.92 bits per heavy atom. The molecule has 0 heterocycles. The molecular formula is C18H24N2O2S2. The molecule has 0 aliphatic heterocycles. The van der Waals surface area contributed by atoms with Crippen LogP contribution in [0.1, 0.15) is 31.7 Å². The lowest BCUT2D eigenvalue weighted by atomic mass is 10.1. The first-order valence-corrected chi connectivity index (χ1v) is 9.62. The van der Waals surface area contributed by atoms with Crippen molar-refractivity contribution in [2.75, 3.05) is 26.5 Å². The Kier molecular flexibility index (Phi) is 7.12. The quantitative estimate of drug-likeness (QED) is 0.436. The number of thiocarbonyl (C=S) groups is 1. The van der Waals surface area contributed by atoms with Crippen LogP contribution >= 0.6 is 24.0 Å². The number of hydrogen-bond donors (Lipinski definition) is 2. The lowest BCUT2D eigenvalue weighted by Crippen LogP contribution is -2.18. The van der Waals surface area contributed by atoms with Crippen molar-refractivity contribution in [3.05, 3.63) is 35.0 Å². The number of thioether (sulfide) groups is 1. The highest BCUT2D eigenvalue weighted by atomic mass is 32.2. The largest absolute Gasteiger partial charge is 0.507 e. The molecule has 0 saturated heterocycles. The molecule has 1 aromatic carbocycles. The molecule has 0 atom stereocenters. The van der Waals surface area contributed by atoms with E-state index in [1.54, 1.807) is 37.1 Å². The van der Waals surface area contributed by atoms with Crippen molar-refractivity contribution in [1.29, 1.82) is 0 Å². The lowest BCUT2D eigenvalue weighted by molar-refractivity contribution is 0.412. The van der Waals surface area contributed by atoms with E-state index < -0.39 is 0 Å². The van der Waals surface area contributed by atoms with Crippen molar-refractivity contribution in [3.63, 3.8) is 0 Å². The van der Waals surface area contributed by atoms with Gasteiger partial charge in [-0.3, -0.25) is 4.99 Å². The highest BCUT2D eigenvalue weighted by Gasteiger charge is 2.17. The van der Waals surface area contributed by atoms with Gasteiger partial charge in [0.25, 0.3) is 0 Å². The number of nitrogens with one attached hydrogen (secondary N) is 1. The first-order valence-electron chi connectivity index (χ1n) is 7.99. The van der Waals surface area contributed by atoms with E-state index in [2.05, 4.69) is 10.3 Å². The molecule has 1 aromatic rings. The molecule has 6 heteroatoms. The summed E-state index contributed by atoms with van der Waals surface area (Å²) in [6, 6.07) is 5.16. The Labute approximate surface area is 153 Å². The Morgan fingerprint density at radius 1 is 1.42 bits per heavy atom. The summed E-state index contributed by atoms with van der Waals surface area (Å²) in [6.45, 7) is 3.31. The third kappa shape index (κ3) is 4.74. The predicted octanol–water partition coefficient (Wildman–Crippen LogP) is 3.93. The van der Waals surface area contributed by atoms with Gasteiger partial charge in [0.15, 0.2) is 0 Å².